The molecule has 0 unspecified atom stereocenters. The van der Waals surface area contributed by atoms with Gasteiger partial charge in [-0.15, -0.1) is 0 Å². The summed E-state index contributed by atoms with van der Waals surface area (Å²) >= 11 is -4.68. The molecule has 0 aromatic rings. The molecule has 0 saturated carbocycles. The minimum absolute atomic E-state index is 0.496. The van der Waals surface area contributed by atoms with Crippen molar-refractivity contribution in [1.29, 1.82) is 0 Å². The van der Waals surface area contributed by atoms with Crippen LogP contribution < -0.4 is 0 Å². The summed E-state index contributed by atoms with van der Waals surface area (Å²) in [6.07, 6.45) is -9.80. The number of rotatable bonds is 4. The first-order valence-corrected chi connectivity index (χ1v) is 11.0. The Morgan fingerprint density at radius 3 is 1.56 bits per heavy atom. The Morgan fingerprint density at radius 2 is 1.33 bits per heavy atom. The van der Waals surface area contributed by atoms with Crippen molar-refractivity contribution in [3.8, 4) is 0 Å². The topological polar surface area (TPSA) is 52.6 Å². The summed E-state index contributed by atoms with van der Waals surface area (Å²) < 4.78 is 77.8. The van der Waals surface area contributed by atoms with Crippen LogP contribution in [0.1, 0.15) is 0 Å². The summed E-state index contributed by atoms with van der Waals surface area (Å²) in [4.78, 5) is 20.8. The van der Waals surface area contributed by atoms with Crippen LogP contribution in [0.4, 0.5) is 26.3 Å². The van der Waals surface area contributed by atoms with Crippen LogP contribution in [0.2, 0.25) is 3.98 Å². The fraction of sp³-hybridized carbons (Fsp3) is 0.429. The van der Waals surface area contributed by atoms with Gasteiger partial charge in [-0.3, -0.25) is 0 Å². The van der Waals surface area contributed by atoms with Gasteiger partial charge in [-0.2, -0.15) is 0 Å². The molecule has 0 aromatic heterocycles. The second-order valence-electron chi connectivity index (χ2n) is 2.76. The molecule has 0 aromatic carbocycles. The number of hydrogen-bond acceptors (Lipinski definition) is 4. The Bertz CT molecular complexity index is 308. The van der Waals surface area contributed by atoms with Gasteiger partial charge in [0, 0.05) is 0 Å². The van der Waals surface area contributed by atoms with Gasteiger partial charge in [-0.25, -0.2) is 0 Å². The van der Waals surface area contributed by atoms with E-state index in [2.05, 4.69) is 12.0 Å². The van der Waals surface area contributed by atoms with Crippen LogP contribution in [-0.2, 0) is 15.0 Å². The average Bonchev–Trinajstić information content (AvgIpc) is 2.14. The SMILES string of the molecule is C=C[CH2][Tl]([O]C(=O)C(F)(F)F)[O]C(=O)C(F)(F)F. The quantitative estimate of drug-likeness (QED) is 0.357. The van der Waals surface area contributed by atoms with E-state index in [4.69, 9.17) is 0 Å². The second-order valence-corrected chi connectivity index (χ2v) is 9.77. The van der Waals surface area contributed by atoms with E-state index < -0.39 is 51.9 Å². The zero-order chi connectivity index (χ0) is 14.6. The summed E-state index contributed by atoms with van der Waals surface area (Å²) in [5.41, 5.74) is 0. The van der Waals surface area contributed by atoms with Crippen molar-refractivity contribution in [2.24, 2.45) is 0 Å². The monoisotopic (exact) mass is 472 g/mol. The van der Waals surface area contributed by atoms with Crippen LogP contribution in [0.3, 0.4) is 0 Å². The van der Waals surface area contributed by atoms with E-state index in [1.807, 2.05) is 0 Å². The van der Waals surface area contributed by atoms with Crippen LogP contribution in [0, 0.1) is 0 Å². The molecule has 0 atom stereocenters. The summed E-state index contributed by atoms with van der Waals surface area (Å²) in [6, 6.07) is 0. The van der Waals surface area contributed by atoms with E-state index in [0.29, 0.717) is 0 Å². The number of hydrogen-bond donors (Lipinski definition) is 0. The molecule has 18 heavy (non-hydrogen) atoms. The van der Waals surface area contributed by atoms with Crippen molar-refractivity contribution in [3.63, 3.8) is 0 Å². The zero-order valence-corrected chi connectivity index (χ0v) is 13.0. The van der Waals surface area contributed by atoms with Gasteiger partial charge < -0.3 is 0 Å². The molecule has 0 rings (SSSR count). The molecule has 0 radical (unpaired) electrons. The normalized spacial score (nSPS) is 11.7. The Morgan fingerprint density at radius 1 is 1.00 bits per heavy atom. The number of carbonyl (C=O) groups excluding carboxylic acids is 2. The number of alkyl halides is 6. The Hall–Kier alpha value is -0.818. The Balaban J connectivity index is 4.64. The van der Waals surface area contributed by atoms with Crippen LogP contribution >= 0.6 is 0 Å². The van der Waals surface area contributed by atoms with E-state index in [1.54, 1.807) is 0 Å². The predicted octanol–water partition coefficient (Wildman–Crippen LogP) is 1.87. The van der Waals surface area contributed by atoms with Crippen molar-refractivity contribution in [2.75, 3.05) is 0 Å². The average molecular weight is 471 g/mol. The number of carbonyl (C=O) groups is 2. The maximum atomic E-state index is 11.8. The van der Waals surface area contributed by atoms with Crippen LogP contribution in [0.15, 0.2) is 12.7 Å². The molecule has 102 valence electrons. The first-order valence-electron chi connectivity index (χ1n) is 4.15. The second kappa shape index (κ2) is 6.38. The van der Waals surface area contributed by atoms with Crippen LogP contribution in [0.5, 0.6) is 0 Å². The Kier molecular flexibility index (Phi) is 6.09. The van der Waals surface area contributed by atoms with Gasteiger partial charge in [0.05, 0.1) is 0 Å². The molecule has 0 amide bonds. The molecule has 0 aliphatic rings. The van der Waals surface area contributed by atoms with Crippen LogP contribution in [-0.4, -0.2) is 47.9 Å². The summed E-state index contributed by atoms with van der Waals surface area (Å²) in [5, 5.41) is 0. The van der Waals surface area contributed by atoms with Gasteiger partial charge in [0.2, 0.25) is 0 Å². The predicted molar refractivity (Wildman–Crippen MR) is 45.1 cm³/mol. The molecule has 0 spiro atoms. The van der Waals surface area contributed by atoms with Gasteiger partial charge in [0.25, 0.3) is 0 Å². The van der Waals surface area contributed by atoms with Gasteiger partial charge in [0.1, 0.15) is 0 Å². The maximum absolute atomic E-state index is 11.8. The van der Waals surface area contributed by atoms with E-state index in [1.165, 1.54) is 0 Å². The molecule has 0 fully saturated rings. The van der Waals surface area contributed by atoms with E-state index in [9.17, 15) is 35.9 Å². The fourth-order valence-corrected chi connectivity index (χ4v) is 5.52. The molecule has 4 nitrogen and oxygen atoms in total. The summed E-state index contributed by atoms with van der Waals surface area (Å²) in [5.74, 6) is -5.35. The van der Waals surface area contributed by atoms with Crippen molar-refractivity contribution in [2.45, 2.75) is 16.3 Å². The van der Waals surface area contributed by atoms with Gasteiger partial charge in [0.15, 0.2) is 0 Å². The van der Waals surface area contributed by atoms with Gasteiger partial charge >= 0.3 is 106 Å². The number of halogens is 6. The molecule has 0 N–H and O–H groups in total. The molecule has 11 heteroatoms. The molecule has 0 bridgehead atoms. The first kappa shape index (κ1) is 17.2. The van der Waals surface area contributed by atoms with Crippen molar-refractivity contribution in [1.82, 2.24) is 0 Å². The van der Waals surface area contributed by atoms with Gasteiger partial charge in [-0.05, 0) is 0 Å². The summed E-state index contributed by atoms with van der Waals surface area (Å²) in [7, 11) is 0. The van der Waals surface area contributed by atoms with E-state index >= 15 is 0 Å². The molecule has 0 heterocycles. The third kappa shape index (κ3) is 6.21. The van der Waals surface area contributed by atoms with Crippen molar-refractivity contribution in [3.05, 3.63) is 12.7 Å². The fourth-order valence-electron chi connectivity index (χ4n) is 0.629. The summed E-state index contributed by atoms with van der Waals surface area (Å²) in [6.45, 7) is 3.05. The Labute approximate surface area is 106 Å². The third-order valence-corrected chi connectivity index (χ3v) is 7.80. The number of allylic oxidation sites excluding steroid dienone is 1. The molecule has 0 saturated heterocycles. The van der Waals surface area contributed by atoms with Crippen molar-refractivity contribution < 1.29 is 41.3 Å². The van der Waals surface area contributed by atoms with Crippen LogP contribution in [0.25, 0.3) is 0 Å². The van der Waals surface area contributed by atoms with E-state index in [-0.39, 0.29) is 0 Å². The molecule has 0 aliphatic carbocycles. The standard InChI is InChI=1S/C3H5.2C2HF3O2.Tl/c1-3-2;2*3-2(4,5)1(6)7;/h3H,1-2H2;2*(H,6,7);/q;;;+2/p-2. The van der Waals surface area contributed by atoms with Crippen molar-refractivity contribution >= 4 is 35.5 Å². The minimum atomic E-state index is -5.36. The molecular weight excluding hydrogens is 466 g/mol. The van der Waals surface area contributed by atoms with E-state index in [0.717, 1.165) is 6.08 Å². The zero-order valence-electron chi connectivity index (χ0n) is 8.47. The van der Waals surface area contributed by atoms with Gasteiger partial charge in [-0.1, -0.05) is 0 Å². The molecule has 0 aliphatic heterocycles. The third-order valence-electron chi connectivity index (χ3n) is 1.30. The molecular formula is C7H5F6O4Tl. The first-order chi connectivity index (χ1) is 7.98.